The van der Waals surface area contributed by atoms with Gasteiger partial charge in [0.1, 0.15) is 5.60 Å². The van der Waals surface area contributed by atoms with Gasteiger partial charge in [0.25, 0.3) is 0 Å². The molecule has 0 radical (unpaired) electrons. The van der Waals surface area contributed by atoms with Crippen LogP contribution in [0.1, 0.15) is 33.6 Å². The van der Waals surface area contributed by atoms with Gasteiger partial charge in [-0.2, -0.15) is 0 Å². The highest BCUT2D eigenvalue weighted by atomic mass is 16.6. The third-order valence-corrected chi connectivity index (χ3v) is 2.72. The monoisotopic (exact) mass is 226 g/mol. The fourth-order valence-electron chi connectivity index (χ4n) is 1.80. The molecule has 4 heteroatoms. The molecule has 1 aliphatic carbocycles. The first-order chi connectivity index (χ1) is 7.21. The van der Waals surface area contributed by atoms with E-state index in [-0.39, 0.29) is 12.3 Å². The van der Waals surface area contributed by atoms with E-state index in [0.29, 0.717) is 6.42 Å². The van der Waals surface area contributed by atoms with Gasteiger partial charge in [0.2, 0.25) is 0 Å². The number of carbonyl (C=O) groups excluding carboxylic acids is 1. The summed E-state index contributed by atoms with van der Waals surface area (Å²) in [6.45, 7) is 8.85. The third kappa shape index (κ3) is 2.62. The SMILES string of the molecule is C=C[C@H]1C[C@@]1(CC(=O)OC(C)(C)C)C(=O)O. The highest BCUT2D eigenvalue weighted by Gasteiger charge is 2.60. The lowest BCUT2D eigenvalue weighted by Crippen LogP contribution is -2.28. The summed E-state index contributed by atoms with van der Waals surface area (Å²) in [6.07, 6.45) is 2.00. The number of carbonyl (C=O) groups is 2. The molecule has 0 aliphatic heterocycles. The first-order valence-electron chi connectivity index (χ1n) is 5.29. The number of carboxylic acids is 1. The van der Waals surface area contributed by atoms with Crippen molar-refractivity contribution in [1.29, 1.82) is 0 Å². The van der Waals surface area contributed by atoms with E-state index in [0.717, 1.165) is 0 Å². The Morgan fingerprint density at radius 3 is 2.44 bits per heavy atom. The lowest BCUT2D eigenvalue weighted by Gasteiger charge is -2.21. The molecule has 0 spiro atoms. The van der Waals surface area contributed by atoms with Crippen LogP contribution >= 0.6 is 0 Å². The maximum Gasteiger partial charge on any atom is 0.310 e. The van der Waals surface area contributed by atoms with Crippen LogP contribution in [0.5, 0.6) is 0 Å². The predicted octanol–water partition coefficient (Wildman–Crippen LogP) is 2.00. The summed E-state index contributed by atoms with van der Waals surface area (Å²) in [5, 5.41) is 9.10. The van der Waals surface area contributed by atoms with Crippen LogP contribution in [0.15, 0.2) is 12.7 Å². The average Bonchev–Trinajstić information content (AvgIpc) is 2.76. The van der Waals surface area contributed by atoms with Gasteiger partial charge < -0.3 is 9.84 Å². The predicted molar refractivity (Wildman–Crippen MR) is 58.8 cm³/mol. The van der Waals surface area contributed by atoms with Crippen molar-refractivity contribution in [3.8, 4) is 0 Å². The summed E-state index contributed by atoms with van der Waals surface area (Å²) in [5.74, 6) is -1.51. The number of allylic oxidation sites excluding steroid dienone is 1. The Morgan fingerprint density at radius 2 is 2.12 bits per heavy atom. The van der Waals surface area contributed by atoms with Crippen LogP contribution in [0.25, 0.3) is 0 Å². The van der Waals surface area contributed by atoms with E-state index < -0.39 is 23.0 Å². The van der Waals surface area contributed by atoms with E-state index in [1.807, 2.05) is 0 Å². The molecule has 0 unspecified atom stereocenters. The maximum absolute atomic E-state index is 11.6. The van der Waals surface area contributed by atoms with Crippen LogP contribution in [0.4, 0.5) is 0 Å². The lowest BCUT2D eigenvalue weighted by molar-refractivity contribution is -0.161. The number of esters is 1. The molecule has 2 atom stereocenters. The normalized spacial score (nSPS) is 28.3. The number of aliphatic carboxylic acids is 1. The molecule has 0 bridgehead atoms. The topological polar surface area (TPSA) is 63.6 Å². The molecule has 90 valence electrons. The second kappa shape index (κ2) is 3.92. The first kappa shape index (κ1) is 12.7. The van der Waals surface area contributed by atoms with Crippen LogP contribution in [0.2, 0.25) is 0 Å². The minimum Gasteiger partial charge on any atom is -0.481 e. The Hall–Kier alpha value is -1.32. The number of ether oxygens (including phenoxy) is 1. The minimum absolute atomic E-state index is 0.0731. The van der Waals surface area contributed by atoms with Gasteiger partial charge >= 0.3 is 11.9 Å². The number of rotatable bonds is 4. The van der Waals surface area contributed by atoms with Gasteiger partial charge in [-0.15, -0.1) is 6.58 Å². The van der Waals surface area contributed by atoms with Crippen molar-refractivity contribution < 1.29 is 19.4 Å². The highest BCUT2D eigenvalue weighted by molar-refractivity contribution is 5.85. The standard InChI is InChI=1S/C12H18O4/c1-5-8-6-12(8,10(14)15)7-9(13)16-11(2,3)4/h5,8H,1,6-7H2,2-4H3,(H,14,15)/t8-,12-/m0/s1. The van der Waals surface area contributed by atoms with Crippen molar-refractivity contribution >= 4 is 11.9 Å². The van der Waals surface area contributed by atoms with Crippen LogP contribution in [-0.2, 0) is 14.3 Å². The molecular weight excluding hydrogens is 208 g/mol. The summed E-state index contributed by atoms with van der Waals surface area (Å²) in [7, 11) is 0. The van der Waals surface area contributed by atoms with Crippen LogP contribution in [-0.4, -0.2) is 22.6 Å². The Balaban J connectivity index is 2.63. The average molecular weight is 226 g/mol. The van der Waals surface area contributed by atoms with Crippen molar-refractivity contribution in [1.82, 2.24) is 0 Å². The molecular formula is C12H18O4. The molecule has 4 nitrogen and oxygen atoms in total. The van der Waals surface area contributed by atoms with Gasteiger partial charge in [-0.25, -0.2) is 0 Å². The van der Waals surface area contributed by atoms with Gasteiger partial charge in [0.15, 0.2) is 0 Å². The van der Waals surface area contributed by atoms with E-state index in [1.165, 1.54) is 0 Å². The highest BCUT2D eigenvalue weighted by Crippen LogP contribution is 2.56. The van der Waals surface area contributed by atoms with Gasteiger partial charge in [0, 0.05) is 0 Å². The first-order valence-corrected chi connectivity index (χ1v) is 5.29. The fraction of sp³-hybridized carbons (Fsp3) is 0.667. The summed E-state index contributed by atoms with van der Waals surface area (Å²) < 4.78 is 5.12. The zero-order valence-corrected chi connectivity index (χ0v) is 9.95. The van der Waals surface area contributed by atoms with E-state index in [4.69, 9.17) is 9.84 Å². The quantitative estimate of drug-likeness (QED) is 0.588. The van der Waals surface area contributed by atoms with Gasteiger partial charge in [-0.05, 0) is 33.1 Å². The largest absolute Gasteiger partial charge is 0.481 e. The lowest BCUT2D eigenvalue weighted by atomic mass is 9.99. The van der Waals surface area contributed by atoms with Crippen molar-refractivity contribution in [2.24, 2.45) is 11.3 Å². The molecule has 16 heavy (non-hydrogen) atoms. The molecule has 1 saturated carbocycles. The Bertz CT molecular complexity index is 326. The minimum atomic E-state index is -0.968. The second-order valence-corrected chi connectivity index (χ2v) is 5.27. The Labute approximate surface area is 95.3 Å². The zero-order valence-electron chi connectivity index (χ0n) is 9.95. The van der Waals surface area contributed by atoms with Crippen molar-refractivity contribution in [3.63, 3.8) is 0 Å². The molecule has 0 amide bonds. The van der Waals surface area contributed by atoms with Crippen LogP contribution < -0.4 is 0 Å². The molecule has 1 fully saturated rings. The summed E-state index contributed by atoms with van der Waals surface area (Å²) in [4.78, 5) is 22.7. The molecule has 1 aliphatic rings. The van der Waals surface area contributed by atoms with Crippen LogP contribution in [0, 0.1) is 11.3 Å². The molecule has 1 rings (SSSR count). The number of carboxylic acid groups (broad SMARTS) is 1. The van der Waals surface area contributed by atoms with E-state index in [9.17, 15) is 9.59 Å². The van der Waals surface area contributed by atoms with Crippen molar-refractivity contribution in [3.05, 3.63) is 12.7 Å². The molecule has 1 N–H and O–H groups in total. The van der Waals surface area contributed by atoms with E-state index in [2.05, 4.69) is 6.58 Å². The maximum atomic E-state index is 11.6. The second-order valence-electron chi connectivity index (χ2n) is 5.27. The molecule has 0 aromatic carbocycles. The van der Waals surface area contributed by atoms with Crippen LogP contribution in [0.3, 0.4) is 0 Å². The molecule has 0 heterocycles. The molecule has 0 saturated heterocycles. The third-order valence-electron chi connectivity index (χ3n) is 2.72. The summed E-state index contributed by atoms with van der Waals surface area (Å²) in [6, 6.07) is 0. The Morgan fingerprint density at radius 1 is 1.56 bits per heavy atom. The summed E-state index contributed by atoms with van der Waals surface area (Å²) in [5.41, 5.74) is -1.54. The number of hydrogen-bond acceptors (Lipinski definition) is 3. The fourth-order valence-corrected chi connectivity index (χ4v) is 1.80. The van der Waals surface area contributed by atoms with E-state index in [1.54, 1.807) is 26.8 Å². The Kier molecular flexibility index (Phi) is 3.13. The van der Waals surface area contributed by atoms with E-state index >= 15 is 0 Å². The van der Waals surface area contributed by atoms with Gasteiger partial charge in [0.05, 0.1) is 11.8 Å². The number of hydrogen-bond donors (Lipinski definition) is 1. The zero-order chi connectivity index (χ0) is 12.6. The van der Waals surface area contributed by atoms with Crippen molar-refractivity contribution in [2.75, 3.05) is 0 Å². The van der Waals surface area contributed by atoms with Gasteiger partial charge in [-0.3, -0.25) is 9.59 Å². The summed E-state index contributed by atoms with van der Waals surface area (Å²) >= 11 is 0. The van der Waals surface area contributed by atoms with Gasteiger partial charge in [-0.1, -0.05) is 6.08 Å². The van der Waals surface area contributed by atoms with Crippen molar-refractivity contribution in [2.45, 2.75) is 39.2 Å². The smallest absolute Gasteiger partial charge is 0.310 e. The molecule has 0 aromatic rings. The molecule has 0 aromatic heterocycles.